The monoisotopic (exact) mass is 637 g/mol. The third kappa shape index (κ3) is 8.82. The van der Waals surface area contributed by atoms with Gasteiger partial charge in [0.05, 0.1) is 17.2 Å². The smallest absolute Gasteiger partial charge is 0.348 e. The van der Waals surface area contributed by atoms with E-state index in [9.17, 15) is 14.4 Å². The van der Waals surface area contributed by atoms with E-state index in [4.69, 9.17) is 9.47 Å². The maximum atomic E-state index is 13.4. The summed E-state index contributed by atoms with van der Waals surface area (Å²) in [5.41, 5.74) is 1.24. The van der Waals surface area contributed by atoms with Gasteiger partial charge in [-0.05, 0) is 83.2 Å². The number of carbonyl (C=O) groups is 3. The molecule has 3 aromatic heterocycles. The van der Waals surface area contributed by atoms with Crippen LogP contribution >= 0.6 is 22.7 Å². The number of thiazole rings is 1. The number of rotatable bonds is 10. The van der Waals surface area contributed by atoms with Crippen molar-refractivity contribution in [3.63, 3.8) is 0 Å². The molecule has 0 unspecified atom stereocenters. The van der Waals surface area contributed by atoms with Gasteiger partial charge in [0, 0.05) is 23.7 Å². The number of hydrogen-bond acceptors (Lipinski definition) is 8. The SMILES string of the molecule is Cc1cn2cc(CNC(=O)[C@H](Cc3ccc(OC(C)(C)C)cc3)NC(=O)Nc3ccc(C(=O)OC4CCCCC4)s3)nc2s1. The molecular weight excluding hydrogens is 599 g/mol. The molecule has 12 heteroatoms. The summed E-state index contributed by atoms with van der Waals surface area (Å²) >= 11 is 2.72. The van der Waals surface area contributed by atoms with Crippen molar-refractivity contribution in [3.8, 4) is 5.75 Å². The van der Waals surface area contributed by atoms with Gasteiger partial charge < -0.3 is 20.1 Å². The zero-order valence-electron chi connectivity index (χ0n) is 25.5. The Bertz CT molecular complexity index is 1560. The number of carbonyl (C=O) groups excluding carboxylic acids is 3. The van der Waals surface area contributed by atoms with Crippen LogP contribution in [0.3, 0.4) is 0 Å². The van der Waals surface area contributed by atoms with Gasteiger partial charge in [0.15, 0.2) is 4.96 Å². The van der Waals surface area contributed by atoms with Crippen molar-refractivity contribution in [2.24, 2.45) is 0 Å². The summed E-state index contributed by atoms with van der Waals surface area (Å²) in [6.07, 6.45) is 9.18. The van der Waals surface area contributed by atoms with Crippen molar-refractivity contribution < 1.29 is 23.9 Å². The molecule has 1 fully saturated rings. The molecule has 0 saturated heterocycles. The van der Waals surface area contributed by atoms with Gasteiger partial charge in [-0.15, -0.1) is 22.7 Å². The van der Waals surface area contributed by atoms with E-state index in [-0.39, 0.29) is 36.5 Å². The van der Waals surface area contributed by atoms with E-state index in [2.05, 4.69) is 20.9 Å². The summed E-state index contributed by atoms with van der Waals surface area (Å²) in [7, 11) is 0. The Kier molecular flexibility index (Phi) is 9.90. The molecule has 0 aliphatic heterocycles. The third-order valence-electron chi connectivity index (χ3n) is 7.04. The van der Waals surface area contributed by atoms with Crippen molar-refractivity contribution >= 4 is 50.5 Å². The van der Waals surface area contributed by atoms with Crippen LogP contribution in [0.1, 0.15) is 78.7 Å². The fourth-order valence-corrected chi connectivity index (χ4v) is 6.66. The van der Waals surface area contributed by atoms with Crippen molar-refractivity contribution in [1.29, 1.82) is 0 Å². The van der Waals surface area contributed by atoms with Gasteiger partial charge in [0.1, 0.15) is 28.4 Å². The number of hydrogen-bond donors (Lipinski definition) is 3. The highest BCUT2D eigenvalue weighted by Crippen LogP contribution is 2.26. The van der Waals surface area contributed by atoms with E-state index in [1.165, 1.54) is 6.42 Å². The number of nitrogens with one attached hydrogen (secondary N) is 3. The summed E-state index contributed by atoms with van der Waals surface area (Å²) in [5, 5.41) is 8.98. The van der Waals surface area contributed by atoms with Crippen molar-refractivity contribution in [2.75, 3.05) is 5.32 Å². The summed E-state index contributed by atoms with van der Waals surface area (Å²) in [5.74, 6) is 0.00453. The molecule has 1 aliphatic rings. The van der Waals surface area contributed by atoms with Gasteiger partial charge in [-0.25, -0.2) is 14.6 Å². The molecule has 3 N–H and O–H groups in total. The van der Waals surface area contributed by atoms with Crippen LogP contribution < -0.4 is 20.7 Å². The quantitative estimate of drug-likeness (QED) is 0.171. The highest BCUT2D eigenvalue weighted by atomic mass is 32.1. The lowest BCUT2D eigenvalue weighted by atomic mass is 9.98. The summed E-state index contributed by atoms with van der Waals surface area (Å²) in [4.78, 5) is 46.1. The molecule has 1 aliphatic carbocycles. The van der Waals surface area contributed by atoms with E-state index < -0.39 is 12.1 Å². The van der Waals surface area contributed by atoms with E-state index >= 15 is 0 Å². The molecule has 0 radical (unpaired) electrons. The van der Waals surface area contributed by atoms with Gasteiger partial charge in [-0.3, -0.25) is 14.5 Å². The number of amides is 3. The van der Waals surface area contributed by atoms with Crippen LogP contribution in [-0.4, -0.2) is 45.0 Å². The van der Waals surface area contributed by atoms with Gasteiger partial charge in [-0.1, -0.05) is 18.6 Å². The normalized spacial score (nSPS) is 14.6. The third-order valence-corrected chi connectivity index (χ3v) is 8.94. The minimum Gasteiger partial charge on any atom is -0.488 e. The molecule has 44 heavy (non-hydrogen) atoms. The van der Waals surface area contributed by atoms with Crippen molar-refractivity contribution in [1.82, 2.24) is 20.0 Å². The van der Waals surface area contributed by atoms with Gasteiger partial charge >= 0.3 is 12.0 Å². The number of urea groups is 1. The fourth-order valence-electron chi connectivity index (χ4n) is 5.05. The summed E-state index contributed by atoms with van der Waals surface area (Å²) < 4.78 is 13.5. The van der Waals surface area contributed by atoms with E-state index in [1.807, 2.05) is 68.8 Å². The molecule has 5 rings (SSSR count). The summed E-state index contributed by atoms with van der Waals surface area (Å²) in [6.45, 7) is 8.17. The standard InChI is InChI=1S/C32H39N5O5S2/c1-20-18-37-19-22(34-31(37)43-20)17-33-28(38)25(16-21-10-12-24(13-11-21)42-32(2,3)4)35-30(40)36-27-15-14-26(44-27)29(39)41-23-8-6-5-7-9-23/h10-15,18-19,23,25H,5-9,16-17H2,1-4H3,(H,33,38)(H2,35,36,40)/t25-/m0/s1. The second-order valence-electron chi connectivity index (χ2n) is 12.0. The Morgan fingerprint density at radius 2 is 1.77 bits per heavy atom. The Hall–Kier alpha value is -3.90. The first-order valence-corrected chi connectivity index (χ1v) is 16.5. The predicted molar refractivity (Wildman–Crippen MR) is 173 cm³/mol. The van der Waals surface area contributed by atoms with E-state index in [0.717, 1.165) is 63.9 Å². The lowest BCUT2D eigenvalue weighted by molar-refractivity contribution is -0.123. The first kappa shape index (κ1) is 31.5. The Labute approximate surface area is 265 Å². The van der Waals surface area contributed by atoms with Gasteiger partial charge in [-0.2, -0.15) is 0 Å². The number of benzene rings is 1. The molecule has 234 valence electrons. The number of aromatic nitrogens is 2. The molecular formula is C32H39N5O5S2. The number of ether oxygens (including phenoxy) is 2. The molecule has 1 saturated carbocycles. The topological polar surface area (TPSA) is 123 Å². The molecule has 1 atom stereocenters. The zero-order chi connectivity index (χ0) is 31.3. The molecule has 10 nitrogen and oxygen atoms in total. The Morgan fingerprint density at radius 3 is 2.48 bits per heavy atom. The largest absolute Gasteiger partial charge is 0.488 e. The van der Waals surface area contributed by atoms with Crippen LogP contribution in [-0.2, 0) is 22.5 Å². The molecule has 4 aromatic rings. The first-order valence-electron chi connectivity index (χ1n) is 14.9. The average Bonchev–Trinajstić information content (AvgIpc) is 3.67. The van der Waals surface area contributed by atoms with Crippen LogP contribution in [0.15, 0.2) is 48.8 Å². The maximum absolute atomic E-state index is 13.4. The second kappa shape index (κ2) is 13.8. The average molecular weight is 638 g/mol. The minimum absolute atomic E-state index is 0.0473. The number of anilines is 1. The van der Waals surface area contributed by atoms with Crippen LogP contribution in [0, 0.1) is 6.92 Å². The highest BCUT2D eigenvalue weighted by molar-refractivity contribution is 7.18. The van der Waals surface area contributed by atoms with Crippen molar-refractivity contribution in [3.05, 3.63) is 69.8 Å². The predicted octanol–water partition coefficient (Wildman–Crippen LogP) is 6.48. The number of imidazole rings is 1. The highest BCUT2D eigenvalue weighted by Gasteiger charge is 2.24. The molecule has 0 bridgehead atoms. The van der Waals surface area contributed by atoms with Gasteiger partial charge in [0.2, 0.25) is 5.91 Å². The molecule has 1 aromatic carbocycles. The fraction of sp³-hybridized carbons (Fsp3) is 0.438. The molecule has 0 spiro atoms. The number of esters is 1. The number of thiophene rings is 1. The number of aryl methyl sites for hydroxylation is 1. The number of nitrogens with zero attached hydrogens (tertiary/aromatic N) is 2. The van der Waals surface area contributed by atoms with Gasteiger partial charge in [0.25, 0.3) is 0 Å². The molecule has 3 heterocycles. The maximum Gasteiger partial charge on any atom is 0.348 e. The first-order chi connectivity index (χ1) is 21.0. The van der Waals surface area contributed by atoms with Crippen molar-refractivity contribution in [2.45, 2.75) is 90.5 Å². The zero-order valence-corrected chi connectivity index (χ0v) is 27.1. The minimum atomic E-state index is -0.869. The Balaban J connectivity index is 1.22. The lowest BCUT2D eigenvalue weighted by Crippen LogP contribution is -2.49. The van der Waals surface area contributed by atoms with Crippen LogP contribution in [0.4, 0.5) is 9.80 Å². The number of fused-ring (bicyclic) bond motifs is 1. The Morgan fingerprint density at radius 1 is 1.02 bits per heavy atom. The van der Waals surface area contributed by atoms with E-state index in [0.29, 0.717) is 9.88 Å². The summed E-state index contributed by atoms with van der Waals surface area (Å²) in [6, 6.07) is 9.37. The van der Waals surface area contributed by atoms with Crippen LogP contribution in [0.2, 0.25) is 0 Å². The van der Waals surface area contributed by atoms with Crippen LogP contribution in [0.5, 0.6) is 5.75 Å². The lowest BCUT2D eigenvalue weighted by Gasteiger charge is -2.22. The van der Waals surface area contributed by atoms with Crippen LogP contribution in [0.25, 0.3) is 4.96 Å². The van der Waals surface area contributed by atoms with E-state index in [1.54, 1.807) is 23.5 Å². The second-order valence-corrected chi connectivity index (χ2v) is 14.3. The molecule has 3 amide bonds.